The van der Waals surface area contributed by atoms with Crippen LogP contribution >= 0.6 is 0 Å². The third-order valence-electron chi connectivity index (χ3n) is 10.6. The normalized spacial score (nSPS) is 40.9. The van der Waals surface area contributed by atoms with Gasteiger partial charge in [0.05, 0.1) is 39.0 Å². The number of ether oxygens (including phenoxy) is 4. The van der Waals surface area contributed by atoms with Crippen LogP contribution in [0, 0.1) is 52.8 Å². The van der Waals surface area contributed by atoms with E-state index in [0.29, 0.717) is 32.2 Å². The number of ketones is 1. The quantitative estimate of drug-likeness (QED) is 0.464. The SMILES string of the molecule is COC(=O)C1C(CC(C)C)CCC2C3CCC4C5COC[C@@]4(C[C@@H](OC(C)=O)[C@@H]5OCC(C)(C)N)C3=CC(=O)C21. The topological polar surface area (TPSA) is 114 Å². The lowest BCUT2D eigenvalue weighted by atomic mass is 9.45. The standard InChI is InChI=1S/C32H49NO7/c1-17(2)11-19-7-8-21-20-9-10-23-22-14-38-16-32(23,24(20)12-25(35)28(21)27(19)30(36)37-6)13-26(40-18(3)34)29(22)39-15-31(4,5)33/h12,17,19-23,26-29H,7-11,13-16,33H2,1-6H3/t19?,20?,21?,22?,23?,26-,27?,28?,29-,32-/m1/s1. The van der Waals surface area contributed by atoms with Crippen molar-refractivity contribution in [3.63, 3.8) is 0 Å². The Hall–Kier alpha value is -1.77. The van der Waals surface area contributed by atoms with Gasteiger partial charge in [0.25, 0.3) is 0 Å². The van der Waals surface area contributed by atoms with Gasteiger partial charge in [-0.3, -0.25) is 14.4 Å². The lowest BCUT2D eigenvalue weighted by molar-refractivity contribution is -0.226. The molecule has 1 aliphatic heterocycles. The van der Waals surface area contributed by atoms with Crippen molar-refractivity contribution in [3.05, 3.63) is 11.6 Å². The largest absolute Gasteiger partial charge is 0.469 e. The van der Waals surface area contributed by atoms with Crippen molar-refractivity contribution in [2.24, 2.45) is 58.5 Å². The highest BCUT2D eigenvalue weighted by molar-refractivity contribution is 5.97. The van der Waals surface area contributed by atoms with E-state index in [1.54, 1.807) is 0 Å². The number of allylic oxidation sites excluding steroid dienone is 1. The molecular formula is C32H49NO7. The summed E-state index contributed by atoms with van der Waals surface area (Å²) in [4.78, 5) is 39.5. The molecule has 0 radical (unpaired) electrons. The second kappa shape index (κ2) is 11.1. The Labute approximate surface area is 239 Å². The average molecular weight is 560 g/mol. The lowest BCUT2D eigenvalue weighted by Gasteiger charge is -2.63. The number of methoxy groups -OCH3 is 1. The summed E-state index contributed by atoms with van der Waals surface area (Å²) in [5.74, 6) is 0.0437. The minimum absolute atomic E-state index is 0.0495. The van der Waals surface area contributed by atoms with Crippen LogP contribution in [0.4, 0.5) is 0 Å². The van der Waals surface area contributed by atoms with Gasteiger partial charge in [-0.15, -0.1) is 0 Å². The minimum Gasteiger partial charge on any atom is -0.469 e. The van der Waals surface area contributed by atoms with Gasteiger partial charge in [-0.05, 0) is 88.0 Å². The van der Waals surface area contributed by atoms with E-state index in [0.717, 1.165) is 32.1 Å². The molecule has 2 N–H and O–H groups in total. The minimum atomic E-state index is -0.513. The number of fused-ring (bicyclic) bond motifs is 3. The first kappa shape index (κ1) is 29.7. The van der Waals surface area contributed by atoms with Crippen LogP contribution < -0.4 is 5.73 Å². The number of rotatable bonds is 7. The zero-order valence-electron chi connectivity index (χ0n) is 25.1. The van der Waals surface area contributed by atoms with Crippen LogP contribution in [0.5, 0.6) is 0 Å². The molecule has 2 bridgehead atoms. The van der Waals surface area contributed by atoms with Crippen molar-refractivity contribution in [2.45, 2.75) is 90.9 Å². The summed E-state index contributed by atoms with van der Waals surface area (Å²) in [5.41, 5.74) is 6.54. The molecule has 5 rings (SSSR count). The van der Waals surface area contributed by atoms with Gasteiger partial charge in [0.2, 0.25) is 0 Å². The molecule has 0 amide bonds. The Balaban J connectivity index is 1.51. The zero-order chi connectivity index (χ0) is 29.0. The van der Waals surface area contributed by atoms with Gasteiger partial charge in [-0.1, -0.05) is 19.4 Å². The Morgan fingerprint density at radius 1 is 1.18 bits per heavy atom. The van der Waals surface area contributed by atoms with Gasteiger partial charge in [-0.2, -0.15) is 0 Å². The summed E-state index contributed by atoms with van der Waals surface area (Å²) < 4.78 is 23.9. The Bertz CT molecular complexity index is 1030. The third-order valence-corrected chi connectivity index (χ3v) is 10.6. The highest BCUT2D eigenvalue weighted by atomic mass is 16.6. The zero-order valence-corrected chi connectivity index (χ0v) is 25.1. The molecule has 10 atom stereocenters. The van der Waals surface area contributed by atoms with E-state index < -0.39 is 11.6 Å². The predicted molar refractivity (Wildman–Crippen MR) is 149 cm³/mol. The van der Waals surface area contributed by atoms with Gasteiger partial charge in [-0.25, -0.2) is 0 Å². The van der Waals surface area contributed by atoms with Crippen molar-refractivity contribution in [1.82, 2.24) is 0 Å². The van der Waals surface area contributed by atoms with E-state index in [1.165, 1.54) is 19.6 Å². The van der Waals surface area contributed by atoms with Gasteiger partial charge < -0.3 is 24.7 Å². The molecule has 0 aromatic carbocycles. The van der Waals surface area contributed by atoms with Crippen LogP contribution in [0.3, 0.4) is 0 Å². The lowest BCUT2D eigenvalue weighted by Crippen LogP contribution is -2.64. The average Bonchev–Trinajstić information content (AvgIpc) is 2.86. The van der Waals surface area contributed by atoms with E-state index in [9.17, 15) is 14.4 Å². The van der Waals surface area contributed by atoms with E-state index in [1.807, 2.05) is 19.9 Å². The van der Waals surface area contributed by atoms with Gasteiger partial charge in [0, 0.05) is 29.7 Å². The number of carbonyl (C=O) groups is 3. The predicted octanol–water partition coefficient (Wildman–Crippen LogP) is 4.09. The molecule has 5 aliphatic rings. The van der Waals surface area contributed by atoms with E-state index in [-0.39, 0.29) is 70.7 Å². The molecule has 3 saturated carbocycles. The summed E-state index contributed by atoms with van der Waals surface area (Å²) in [6.45, 7) is 11.1. The molecule has 0 aromatic rings. The first-order valence-corrected chi connectivity index (χ1v) is 15.4. The molecule has 7 unspecified atom stereocenters. The molecule has 1 heterocycles. The molecule has 8 heteroatoms. The fourth-order valence-electron chi connectivity index (χ4n) is 9.40. The van der Waals surface area contributed by atoms with Crippen LogP contribution in [-0.2, 0) is 33.3 Å². The molecule has 4 aliphatic carbocycles. The Kier molecular flexibility index (Phi) is 8.28. The molecule has 0 aromatic heterocycles. The van der Waals surface area contributed by atoms with E-state index >= 15 is 0 Å². The van der Waals surface area contributed by atoms with E-state index in [2.05, 4.69) is 13.8 Å². The second-order valence-corrected chi connectivity index (χ2v) is 14.4. The van der Waals surface area contributed by atoms with Crippen LogP contribution in [0.2, 0.25) is 0 Å². The number of hydrogen-bond acceptors (Lipinski definition) is 8. The molecular weight excluding hydrogens is 510 g/mol. The molecule has 224 valence electrons. The van der Waals surface area contributed by atoms with Crippen LogP contribution in [0.25, 0.3) is 0 Å². The highest BCUT2D eigenvalue weighted by Crippen LogP contribution is 2.64. The smallest absolute Gasteiger partial charge is 0.309 e. The van der Waals surface area contributed by atoms with Crippen molar-refractivity contribution >= 4 is 17.7 Å². The van der Waals surface area contributed by atoms with Crippen LogP contribution in [-0.4, -0.2) is 62.4 Å². The van der Waals surface area contributed by atoms with Crippen molar-refractivity contribution in [1.29, 1.82) is 0 Å². The Morgan fingerprint density at radius 3 is 2.58 bits per heavy atom. The Morgan fingerprint density at radius 2 is 1.93 bits per heavy atom. The molecule has 4 fully saturated rings. The summed E-state index contributed by atoms with van der Waals surface area (Å²) in [6.07, 6.45) is 6.52. The maximum Gasteiger partial charge on any atom is 0.309 e. The molecule has 40 heavy (non-hydrogen) atoms. The maximum atomic E-state index is 14.1. The highest BCUT2D eigenvalue weighted by Gasteiger charge is 2.64. The third kappa shape index (κ3) is 5.29. The number of nitrogens with two attached hydrogens (primary N) is 1. The van der Waals surface area contributed by atoms with E-state index in [4.69, 9.17) is 24.7 Å². The molecule has 0 spiro atoms. The summed E-state index contributed by atoms with van der Waals surface area (Å²) in [5, 5.41) is 0. The van der Waals surface area contributed by atoms with Crippen LogP contribution in [0.15, 0.2) is 11.6 Å². The number of esters is 2. The van der Waals surface area contributed by atoms with Gasteiger partial charge >= 0.3 is 11.9 Å². The fourth-order valence-corrected chi connectivity index (χ4v) is 9.40. The second-order valence-electron chi connectivity index (χ2n) is 14.4. The van der Waals surface area contributed by atoms with Crippen molar-refractivity contribution in [2.75, 3.05) is 26.9 Å². The molecule has 1 saturated heterocycles. The summed E-state index contributed by atoms with van der Waals surface area (Å²) >= 11 is 0. The summed E-state index contributed by atoms with van der Waals surface area (Å²) in [6, 6.07) is 0. The first-order valence-electron chi connectivity index (χ1n) is 15.4. The fraction of sp³-hybridized carbons (Fsp3) is 0.844. The van der Waals surface area contributed by atoms with Gasteiger partial charge in [0.1, 0.15) is 6.10 Å². The van der Waals surface area contributed by atoms with Gasteiger partial charge in [0.15, 0.2) is 5.78 Å². The summed E-state index contributed by atoms with van der Waals surface area (Å²) in [7, 11) is 1.44. The first-order chi connectivity index (χ1) is 18.9. The number of hydrogen-bond donors (Lipinski definition) is 1. The van der Waals surface area contributed by atoms with Crippen molar-refractivity contribution in [3.8, 4) is 0 Å². The monoisotopic (exact) mass is 559 g/mol. The van der Waals surface area contributed by atoms with Crippen LogP contribution in [0.1, 0.15) is 73.1 Å². The van der Waals surface area contributed by atoms with Crippen molar-refractivity contribution < 1.29 is 33.3 Å². The maximum absolute atomic E-state index is 14.1. The number of carbonyl (C=O) groups excluding carboxylic acids is 3. The molecule has 8 nitrogen and oxygen atoms in total.